The SMILES string of the molecule is CC(C)(C)N(CCC(=O)O)C(=O)c1cc[nH]c(=O)c1. The van der Waals surface area contributed by atoms with Gasteiger partial charge in [0.05, 0.1) is 6.42 Å². The maximum atomic E-state index is 12.3. The molecular weight excluding hydrogens is 248 g/mol. The fourth-order valence-electron chi connectivity index (χ4n) is 1.68. The normalized spacial score (nSPS) is 11.1. The fourth-order valence-corrected chi connectivity index (χ4v) is 1.68. The Morgan fingerprint density at radius 1 is 1.37 bits per heavy atom. The molecule has 0 fully saturated rings. The van der Waals surface area contributed by atoms with Gasteiger partial charge in [-0.2, -0.15) is 0 Å². The average Bonchev–Trinajstić information content (AvgIpc) is 2.26. The molecule has 104 valence electrons. The number of carbonyl (C=O) groups is 2. The van der Waals surface area contributed by atoms with Crippen LogP contribution in [0.5, 0.6) is 0 Å². The Bertz CT molecular complexity index is 528. The summed E-state index contributed by atoms with van der Waals surface area (Å²) in [4.78, 5) is 38.1. The molecule has 2 N–H and O–H groups in total. The number of carboxylic acids is 1. The number of aromatic amines is 1. The number of carbonyl (C=O) groups excluding carboxylic acids is 1. The van der Waals surface area contributed by atoms with Gasteiger partial charge in [-0.1, -0.05) is 0 Å². The molecule has 19 heavy (non-hydrogen) atoms. The van der Waals surface area contributed by atoms with Crippen LogP contribution in [0.25, 0.3) is 0 Å². The molecule has 0 radical (unpaired) electrons. The standard InChI is InChI=1S/C13H18N2O4/c1-13(2,3)15(7-5-11(17)18)12(19)9-4-6-14-10(16)8-9/h4,6,8H,5,7H2,1-3H3,(H,14,16)(H,17,18). The summed E-state index contributed by atoms with van der Waals surface area (Å²) in [6, 6.07) is 2.71. The Kier molecular flexibility index (Phi) is 4.47. The number of nitrogens with one attached hydrogen (secondary N) is 1. The molecule has 0 unspecified atom stereocenters. The monoisotopic (exact) mass is 266 g/mol. The molecule has 0 bridgehead atoms. The van der Waals surface area contributed by atoms with Crippen LogP contribution in [0.4, 0.5) is 0 Å². The summed E-state index contributed by atoms with van der Waals surface area (Å²) in [7, 11) is 0. The van der Waals surface area contributed by atoms with Crippen molar-refractivity contribution in [2.24, 2.45) is 0 Å². The van der Waals surface area contributed by atoms with Crippen LogP contribution in [-0.2, 0) is 4.79 Å². The molecular formula is C13H18N2O4. The van der Waals surface area contributed by atoms with Gasteiger partial charge in [-0.15, -0.1) is 0 Å². The molecule has 0 spiro atoms. The van der Waals surface area contributed by atoms with Gasteiger partial charge >= 0.3 is 5.97 Å². The summed E-state index contributed by atoms with van der Waals surface area (Å²) >= 11 is 0. The lowest BCUT2D eigenvalue weighted by atomic mass is 10.0. The first-order valence-electron chi connectivity index (χ1n) is 5.94. The highest BCUT2D eigenvalue weighted by Crippen LogP contribution is 2.17. The molecule has 1 heterocycles. The van der Waals surface area contributed by atoms with Crippen molar-refractivity contribution >= 4 is 11.9 Å². The van der Waals surface area contributed by atoms with E-state index in [2.05, 4.69) is 4.98 Å². The summed E-state index contributed by atoms with van der Waals surface area (Å²) in [5, 5.41) is 8.73. The molecule has 6 heteroatoms. The largest absolute Gasteiger partial charge is 0.481 e. The highest BCUT2D eigenvalue weighted by atomic mass is 16.4. The van der Waals surface area contributed by atoms with Crippen LogP contribution in [-0.4, -0.2) is 39.0 Å². The van der Waals surface area contributed by atoms with Gasteiger partial charge in [-0.05, 0) is 26.8 Å². The Labute approximate surface area is 111 Å². The zero-order valence-corrected chi connectivity index (χ0v) is 11.3. The Hall–Kier alpha value is -2.11. The van der Waals surface area contributed by atoms with Gasteiger partial charge in [0.15, 0.2) is 0 Å². The summed E-state index contributed by atoms with van der Waals surface area (Å²) < 4.78 is 0. The van der Waals surface area contributed by atoms with Crippen molar-refractivity contribution in [3.05, 3.63) is 34.2 Å². The van der Waals surface area contributed by atoms with Crippen molar-refractivity contribution in [3.63, 3.8) is 0 Å². The van der Waals surface area contributed by atoms with Gasteiger partial charge in [0.25, 0.3) is 5.91 Å². The molecule has 0 aliphatic carbocycles. The van der Waals surface area contributed by atoms with Crippen molar-refractivity contribution in [1.29, 1.82) is 0 Å². The van der Waals surface area contributed by atoms with Crippen LogP contribution in [0.1, 0.15) is 37.6 Å². The van der Waals surface area contributed by atoms with Gasteiger partial charge in [0.1, 0.15) is 0 Å². The van der Waals surface area contributed by atoms with E-state index in [4.69, 9.17) is 5.11 Å². The van der Waals surface area contributed by atoms with Crippen molar-refractivity contribution in [2.45, 2.75) is 32.7 Å². The Morgan fingerprint density at radius 2 is 2.00 bits per heavy atom. The first kappa shape index (κ1) is 14.9. The van der Waals surface area contributed by atoms with E-state index in [0.29, 0.717) is 0 Å². The van der Waals surface area contributed by atoms with Crippen LogP contribution in [0.2, 0.25) is 0 Å². The summed E-state index contributed by atoms with van der Waals surface area (Å²) in [5.41, 5.74) is -0.628. The number of carboxylic acid groups (broad SMARTS) is 1. The number of H-pyrrole nitrogens is 1. The van der Waals surface area contributed by atoms with Crippen LogP contribution in [0.15, 0.2) is 23.1 Å². The molecule has 1 aromatic rings. The second kappa shape index (κ2) is 5.69. The number of nitrogens with zero attached hydrogens (tertiary/aromatic N) is 1. The molecule has 0 aliphatic heterocycles. The van der Waals surface area contributed by atoms with Gasteiger partial charge < -0.3 is 15.0 Å². The highest BCUT2D eigenvalue weighted by Gasteiger charge is 2.27. The predicted molar refractivity (Wildman–Crippen MR) is 70.1 cm³/mol. The first-order valence-corrected chi connectivity index (χ1v) is 5.94. The quantitative estimate of drug-likeness (QED) is 0.853. The number of rotatable bonds is 4. The average molecular weight is 266 g/mol. The fraction of sp³-hybridized carbons (Fsp3) is 0.462. The second-order valence-electron chi connectivity index (χ2n) is 5.21. The molecule has 0 atom stereocenters. The van der Waals surface area contributed by atoms with Gasteiger partial charge in [-0.25, -0.2) is 0 Å². The third-order valence-corrected chi connectivity index (χ3v) is 2.63. The third-order valence-electron chi connectivity index (χ3n) is 2.63. The van der Waals surface area contributed by atoms with E-state index in [9.17, 15) is 14.4 Å². The summed E-state index contributed by atoms with van der Waals surface area (Å²) in [6.07, 6.45) is 1.26. The zero-order chi connectivity index (χ0) is 14.6. The van der Waals surface area contributed by atoms with Crippen LogP contribution in [0.3, 0.4) is 0 Å². The number of aliphatic carboxylic acids is 1. The third kappa shape index (κ3) is 4.24. The minimum absolute atomic E-state index is 0.102. The lowest BCUT2D eigenvalue weighted by Crippen LogP contribution is -2.46. The smallest absolute Gasteiger partial charge is 0.305 e. The van der Waals surface area contributed by atoms with E-state index in [1.807, 2.05) is 20.8 Å². The van der Waals surface area contributed by atoms with Crippen molar-refractivity contribution in [1.82, 2.24) is 9.88 Å². The zero-order valence-electron chi connectivity index (χ0n) is 11.3. The Balaban J connectivity index is 3.01. The lowest BCUT2D eigenvalue weighted by molar-refractivity contribution is -0.137. The van der Waals surface area contributed by atoms with E-state index >= 15 is 0 Å². The van der Waals surface area contributed by atoms with Crippen molar-refractivity contribution in [3.8, 4) is 0 Å². The maximum Gasteiger partial charge on any atom is 0.305 e. The molecule has 0 saturated carbocycles. The van der Waals surface area contributed by atoms with E-state index in [1.165, 1.54) is 23.2 Å². The Morgan fingerprint density at radius 3 is 2.47 bits per heavy atom. The highest BCUT2D eigenvalue weighted by molar-refractivity contribution is 5.94. The molecule has 1 amide bonds. The summed E-state index contributed by atoms with van der Waals surface area (Å²) in [5.74, 6) is -1.31. The summed E-state index contributed by atoms with van der Waals surface area (Å²) in [6.45, 7) is 5.56. The van der Waals surface area contributed by atoms with Crippen LogP contribution in [0, 0.1) is 0 Å². The predicted octanol–water partition coefficient (Wildman–Crippen LogP) is 1.09. The van der Waals surface area contributed by atoms with E-state index in [0.717, 1.165) is 0 Å². The maximum absolute atomic E-state index is 12.3. The van der Waals surface area contributed by atoms with Crippen molar-refractivity contribution < 1.29 is 14.7 Å². The first-order chi connectivity index (χ1) is 8.71. The number of hydrogen-bond donors (Lipinski definition) is 2. The molecule has 1 rings (SSSR count). The number of pyridine rings is 1. The van der Waals surface area contributed by atoms with Crippen LogP contribution >= 0.6 is 0 Å². The minimum Gasteiger partial charge on any atom is -0.481 e. The van der Waals surface area contributed by atoms with E-state index < -0.39 is 11.5 Å². The number of aromatic nitrogens is 1. The molecule has 1 aromatic heterocycles. The molecule has 0 saturated heterocycles. The van der Waals surface area contributed by atoms with Crippen LogP contribution < -0.4 is 5.56 Å². The van der Waals surface area contributed by atoms with Gasteiger partial charge in [0, 0.05) is 29.9 Å². The minimum atomic E-state index is -0.965. The molecule has 0 aliphatic rings. The van der Waals surface area contributed by atoms with Crippen molar-refractivity contribution in [2.75, 3.05) is 6.54 Å². The molecule has 6 nitrogen and oxygen atoms in total. The van der Waals surface area contributed by atoms with E-state index in [-0.39, 0.29) is 30.0 Å². The van der Waals surface area contributed by atoms with Gasteiger partial charge in [0.2, 0.25) is 5.56 Å². The van der Waals surface area contributed by atoms with Gasteiger partial charge in [-0.3, -0.25) is 14.4 Å². The second-order valence-corrected chi connectivity index (χ2v) is 5.21. The lowest BCUT2D eigenvalue weighted by Gasteiger charge is -2.35. The molecule has 0 aromatic carbocycles. The number of amides is 1. The number of hydrogen-bond acceptors (Lipinski definition) is 3. The van der Waals surface area contributed by atoms with E-state index in [1.54, 1.807) is 0 Å². The topological polar surface area (TPSA) is 90.5 Å².